The Balaban J connectivity index is 2.44. The Bertz CT molecular complexity index is 385. The molecule has 0 saturated carbocycles. The predicted octanol–water partition coefficient (Wildman–Crippen LogP) is 4.55. The Labute approximate surface area is 118 Å². The highest BCUT2D eigenvalue weighted by molar-refractivity contribution is 9.10. The summed E-state index contributed by atoms with van der Waals surface area (Å²) < 4.78 is 14.5. The van der Waals surface area contributed by atoms with Crippen molar-refractivity contribution in [1.29, 1.82) is 0 Å². The summed E-state index contributed by atoms with van der Waals surface area (Å²) in [7, 11) is 0. The van der Waals surface area contributed by atoms with E-state index in [-0.39, 0.29) is 11.4 Å². The van der Waals surface area contributed by atoms with Crippen LogP contribution >= 0.6 is 15.9 Å². The largest absolute Gasteiger partial charge is 0.312 e. The molecule has 102 valence electrons. The first-order valence-electron chi connectivity index (χ1n) is 6.47. The Morgan fingerprint density at radius 2 is 2.00 bits per heavy atom. The van der Waals surface area contributed by atoms with E-state index in [4.69, 9.17) is 0 Å². The molecule has 0 aliphatic rings. The summed E-state index contributed by atoms with van der Waals surface area (Å²) >= 11 is 3.39. The van der Waals surface area contributed by atoms with Gasteiger partial charge in [0.1, 0.15) is 5.82 Å². The lowest BCUT2D eigenvalue weighted by Gasteiger charge is -2.22. The molecule has 1 aromatic rings. The van der Waals surface area contributed by atoms with Crippen LogP contribution in [0.5, 0.6) is 0 Å². The molecule has 0 amide bonds. The fourth-order valence-corrected chi connectivity index (χ4v) is 2.28. The fraction of sp³-hybridized carbons (Fsp3) is 0.600. The van der Waals surface area contributed by atoms with Crippen molar-refractivity contribution in [1.82, 2.24) is 5.32 Å². The summed E-state index contributed by atoms with van der Waals surface area (Å²) in [4.78, 5) is 0. The van der Waals surface area contributed by atoms with Gasteiger partial charge in [-0.1, -0.05) is 22.9 Å². The average Bonchev–Trinajstić information content (AvgIpc) is 2.21. The van der Waals surface area contributed by atoms with Crippen molar-refractivity contribution in [3.05, 3.63) is 34.1 Å². The van der Waals surface area contributed by atoms with Crippen LogP contribution in [0.3, 0.4) is 0 Å². The molecule has 18 heavy (non-hydrogen) atoms. The van der Waals surface area contributed by atoms with Gasteiger partial charge < -0.3 is 5.32 Å². The number of nitrogens with one attached hydrogen (secondary N) is 1. The normalized spacial score (nSPS) is 13.7. The molecule has 1 atom stereocenters. The van der Waals surface area contributed by atoms with Crippen LogP contribution in [0.1, 0.15) is 39.7 Å². The first-order chi connectivity index (χ1) is 8.28. The van der Waals surface area contributed by atoms with Crippen molar-refractivity contribution < 1.29 is 4.39 Å². The lowest BCUT2D eigenvalue weighted by molar-refractivity contribution is 0.392. The van der Waals surface area contributed by atoms with Gasteiger partial charge in [-0.3, -0.25) is 0 Å². The molecule has 1 unspecified atom stereocenters. The minimum atomic E-state index is -0.103. The molecule has 0 aliphatic heterocycles. The van der Waals surface area contributed by atoms with Crippen LogP contribution in [-0.4, -0.2) is 12.1 Å². The lowest BCUT2D eigenvalue weighted by Crippen LogP contribution is -2.37. The van der Waals surface area contributed by atoms with E-state index in [1.165, 1.54) is 6.07 Å². The van der Waals surface area contributed by atoms with Gasteiger partial charge in [0, 0.05) is 10.0 Å². The van der Waals surface area contributed by atoms with E-state index in [9.17, 15) is 4.39 Å². The number of rotatable bonds is 5. The quantitative estimate of drug-likeness (QED) is 0.840. The van der Waals surface area contributed by atoms with Crippen molar-refractivity contribution in [3.8, 4) is 0 Å². The maximum Gasteiger partial charge on any atom is 0.126 e. The Hall–Kier alpha value is -0.410. The first-order valence-corrected chi connectivity index (χ1v) is 7.26. The predicted molar refractivity (Wildman–Crippen MR) is 79.3 cm³/mol. The van der Waals surface area contributed by atoms with Crippen molar-refractivity contribution in [3.63, 3.8) is 0 Å². The second kappa shape index (κ2) is 6.67. The highest BCUT2D eigenvalue weighted by Gasteiger charge is 2.11. The van der Waals surface area contributed by atoms with Crippen molar-refractivity contribution >= 4 is 15.9 Å². The zero-order valence-corrected chi connectivity index (χ0v) is 13.3. The monoisotopic (exact) mass is 315 g/mol. The van der Waals surface area contributed by atoms with Crippen LogP contribution < -0.4 is 5.32 Å². The van der Waals surface area contributed by atoms with Crippen molar-refractivity contribution in [2.45, 2.75) is 46.1 Å². The van der Waals surface area contributed by atoms with E-state index in [2.05, 4.69) is 48.9 Å². The van der Waals surface area contributed by atoms with E-state index in [1.54, 1.807) is 6.07 Å². The number of hydrogen-bond donors (Lipinski definition) is 1. The molecule has 0 radical (unpaired) electrons. The Morgan fingerprint density at radius 1 is 1.33 bits per heavy atom. The molecular weight excluding hydrogens is 293 g/mol. The molecule has 1 rings (SSSR count). The van der Waals surface area contributed by atoms with Gasteiger partial charge in [-0.25, -0.2) is 4.39 Å². The minimum Gasteiger partial charge on any atom is -0.312 e. The molecule has 0 saturated heterocycles. The van der Waals surface area contributed by atoms with Crippen LogP contribution in [-0.2, 0) is 6.42 Å². The van der Waals surface area contributed by atoms with Crippen LogP contribution in [0.4, 0.5) is 4.39 Å². The van der Waals surface area contributed by atoms with E-state index in [0.29, 0.717) is 5.92 Å². The highest BCUT2D eigenvalue weighted by atomic mass is 79.9. The molecule has 0 aliphatic carbocycles. The minimum absolute atomic E-state index is 0.103. The van der Waals surface area contributed by atoms with Gasteiger partial charge >= 0.3 is 0 Å². The summed E-state index contributed by atoms with van der Waals surface area (Å²) in [6.07, 6.45) is 1.85. The van der Waals surface area contributed by atoms with Gasteiger partial charge in [0.2, 0.25) is 0 Å². The van der Waals surface area contributed by atoms with Gasteiger partial charge in [-0.05, 0) is 69.8 Å². The second-order valence-corrected chi connectivity index (χ2v) is 6.93. The lowest BCUT2D eigenvalue weighted by atomic mass is 9.97. The Morgan fingerprint density at radius 3 is 2.61 bits per heavy atom. The van der Waals surface area contributed by atoms with Gasteiger partial charge in [0.05, 0.1) is 0 Å². The van der Waals surface area contributed by atoms with Gasteiger partial charge in [0.25, 0.3) is 0 Å². The molecule has 0 fully saturated rings. The molecular formula is C15H23BrFN. The number of halogens is 2. The third-order valence-electron chi connectivity index (χ3n) is 2.87. The van der Waals surface area contributed by atoms with Crippen LogP contribution in [0, 0.1) is 11.7 Å². The first kappa shape index (κ1) is 15.6. The molecule has 1 nitrogen and oxygen atoms in total. The topological polar surface area (TPSA) is 12.0 Å². The van der Waals surface area contributed by atoms with Crippen LogP contribution in [0.2, 0.25) is 0 Å². The molecule has 1 aromatic carbocycles. The smallest absolute Gasteiger partial charge is 0.126 e. The molecule has 3 heteroatoms. The van der Waals surface area contributed by atoms with Gasteiger partial charge in [-0.15, -0.1) is 0 Å². The standard InChI is InChI=1S/C15H23BrFN/c1-11(7-8-18-15(2,3)4)9-12-10-13(16)5-6-14(12)17/h5-6,10-11,18H,7-9H2,1-4H3. The summed E-state index contributed by atoms with van der Waals surface area (Å²) in [6, 6.07) is 5.15. The zero-order chi connectivity index (χ0) is 13.8. The third kappa shape index (κ3) is 5.96. The fourth-order valence-electron chi connectivity index (χ4n) is 1.87. The maximum atomic E-state index is 13.6. The van der Waals surface area contributed by atoms with Crippen molar-refractivity contribution in [2.24, 2.45) is 5.92 Å². The summed E-state index contributed by atoms with van der Waals surface area (Å²) in [5, 5.41) is 3.46. The van der Waals surface area contributed by atoms with Gasteiger partial charge in [-0.2, -0.15) is 0 Å². The summed E-state index contributed by atoms with van der Waals surface area (Å²) in [5.74, 6) is 0.373. The number of hydrogen-bond acceptors (Lipinski definition) is 1. The SMILES string of the molecule is CC(CCNC(C)(C)C)Cc1cc(Br)ccc1F. The van der Waals surface area contributed by atoms with E-state index < -0.39 is 0 Å². The molecule has 0 bridgehead atoms. The van der Waals surface area contributed by atoms with E-state index in [1.807, 2.05) is 6.07 Å². The highest BCUT2D eigenvalue weighted by Crippen LogP contribution is 2.19. The molecule has 0 spiro atoms. The summed E-state index contributed by atoms with van der Waals surface area (Å²) in [5.41, 5.74) is 0.952. The zero-order valence-electron chi connectivity index (χ0n) is 11.7. The van der Waals surface area contributed by atoms with Crippen LogP contribution in [0.15, 0.2) is 22.7 Å². The van der Waals surface area contributed by atoms with Crippen LogP contribution in [0.25, 0.3) is 0 Å². The third-order valence-corrected chi connectivity index (χ3v) is 3.36. The average molecular weight is 316 g/mol. The van der Waals surface area contributed by atoms with E-state index in [0.717, 1.165) is 29.4 Å². The maximum absolute atomic E-state index is 13.6. The van der Waals surface area contributed by atoms with Gasteiger partial charge in [0.15, 0.2) is 0 Å². The molecule has 1 N–H and O–H groups in total. The summed E-state index contributed by atoms with van der Waals surface area (Å²) in [6.45, 7) is 9.62. The Kier molecular flexibility index (Phi) is 5.80. The number of benzene rings is 1. The molecule has 0 aromatic heterocycles. The molecule has 0 heterocycles. The second-order valence-electron chi connectivity index (χ2n) is 6.01. The van der Waals surface area contributed by atoms with Crippen molar-refractivity contribution in [2.75, 3.05) is 6.54 Å². The van der Waals surface area contributed by atoms with E-state index >= 15 is 0 Å².